The Hall–Kier alpha value is -1.29. The van der Waals surface area contributed by atoms with Crippen LogP contribution in [0.2, 0.25) is 0 Å². The molecule has 1 aromatic heterocycles. The smallest absolute Gasteiger partial charge is 0.178 e. The second-order valence-corrected chi connectivity index (χ2v) is 5.21. The van der Waals surface area contributed by atoms with E-state index in [1.54, 1.807) is 7.11 Å². The minimum absolute atomic E-state index is 0.0434. The maximum atomic E-state index is 5.49. The Labute approximate surface area is 113 Å². The van der Waals surface area contributed by atoms with E-state index in [9.17, 15) is 0 Å². The van der Waals surface area contributed by atoms with Crippen LogP contribution in [0.3, 0.4) is 0 Å². The topological polar surface area (TPSA) is 29.9 Å². The molecule has 3 nitrogen and oxygen atoms in total. The van der Waals surface area contributed by atoms with Gasteiger partial charge in [0.2, 0.25) is 0 Å². The van der Waals surface area contributed by atoms with Crippen molar-refractivity contribution in [3.63, 3.8) is 0 Å². The van der Waals surface area contributed by atoms with E-state index in [1.807, 2.05) is 12.1 Å². The van der Waals surface area contributed by atoms with Gasteiger partial charge in [-0.1, -0.05) is 19.9 Å². The van der Waals surface area contributed by atoms with Crippen molar-refractivity contribution >= 4 is 23.3 Å². The van der Waals surface area contributed by atoms with Crippen molar-refractivity contribution in [3.05, 3.63) is 23.0 Å². The van der Waals surface area contributed by atoms with E-state index in [0.717, 1.165) is 34.4 Å². The van der Waals surface area contributed by atoms with Crippen LogP contribution in [0.1, 0.15) is 33.6 Å². The molecule has 0 radical (unpaired) electrons. The summed E-state index contributed by atoms with van der Waals surface area (Å²) in [5, 5.41) is 0. The lowest BCUT2D eigenvalue weighted by Crippen LogP contribution is -2.28. The molecule has 1 N–H and O–H groups in total. The first-order valence-electron chi connectivity index (χ1n) is 6.35. The number of aromatic nitrogens is 2. The highest BCUT2D eigenvalue weighted by atomic mass is 32.1. The summed E-state index contributed by atoms with van der Waals surface area (Å²) in [5.41, 5.74) is 2.14. The first kappa shape index (κ1) is 13.1. The number of hydrogen-bond donors (Lipinski definition) is 1. The molecule has 18 heavy (non-hydrogen) atoms. The third-order valence-electron chi connectivity index (χ3n) is 3.96. The number of nitrogens with one attached hydrogen (secondary N) is 1. The number of imidazole rings is 1. The van der Waals surface area contributed by atoms with Crippen LogP contribution in [-0.4, -0.2) is 16.7 Å². The Morgan fingerprint density at radius 2 is 2.00 bits per heavy atom. The number of hydrogen-bond acceptors (Lipinski definition) is 2. The van der Waals surface area contributed by atoms with Crippen LogP contribution < -0.4 is 4.74 Å². The number of fused-ring (bicyclic) bond motifs is 1. The fraction of sp³-hybridized carbons (Fsp3) is 0.500. The number of methoxy groups -OCH3 is 1. The van der Waals surface area contributed by atoms with Crippen LogP contribution in [0.5, 0.6) is 5.75 Å². The van der Waals surface area contributed by atoms with E-state index >= 15 is 0 Å². The van der Waals surface area contributed by atoms with Gasteiger partial charge in [0.15, 0.2) is 4.77 Å². The summed E-state index contributed by atoms with van der Waals surface area (Å²) in [6.07, 6.45) is 2.09. The molecule has 4 heteroatoms. The van der Waals surface area contributed by atoms with Crippen molar-refractivity contribution in [1.29, 1.82) is 0 Å². The van der Waals surface area contributed by atoms with E-state index in [2.05, 4.69) is 36.4 Å². The predicted octanol–water partition coefficient (Wildman–Crippen LogP) is 4.24. The average Bonchev–Trinajstić information content (AvgIpc) is 2.74. The molecular formula is C14H20N2OS. The molecule has 0 spiro atoms. The summed E-state index contributed by atoms with van der Waals surface area (Å²) in [4.78, 5) is 3.27. The largest absolute Gasteiger partial charge is 0.494 e. The normalized spacial score (nSPS) is 12.0. The van der Waals surface area contributed by atoms with Gasteiger partial charge >= 0.3 is 0 Å². The third kappa shape index (κ3) is 1.85. The van der Waals surface area contributed by atoms with Crippen LogP contribution in [0.25, 0.3) is 11.0 Å². The Kier molecular flexibility index (Phi) is 3.48. The van der Waals surface area contributed by atoms with Crippen molar-refractivity contribution in [2.75, 3.05) is 7.11 Å². The molecule has 2 aromatic rings. The molecule has 1 aromatic carbocycles. The van der Waals surface area contributed by atoms with Crippen LogP contribution >= 0.6 is 12.2 Å². The molecule has 98 valence electrons. The van der Waals surface area contributed by atoms with Crippen LogP contribution in [-0.2, 0) is 5.54 Å². The molecule has 1 heterocycles. The number of benzene rings is 1. The summed E-state index contributed by atoms with van der Waals surface area (Å²) in [6.45, 7) is 6.64. The summed E-state index contributed by atoms with van der Waals surface area (Å²) in [5.74, 6) is 0.840. The van der Waals surface area contributed by atoms with Crippen molar-refractivity contribution < 1.29 is 4.74 Å². The van der Waals surface area contributed by atoms with Gasteiger partial charge in [0.25, 0.3) is 0 Å². The number of rotatable bonds is 4. The fourth-order valence-electron chi connectivity index (χ4n) is 2.38. The number of H-pyrrole nitrogens is 1. The highest BCUT2D eigenvalue weighted by Crippen LogP contribution is 2.32. The molecule has 0 aliphatic rings. The lowest BCUT2D eigenvalue weighted by molar-refractivity contribution is 0.299. The lowest BCUT2D eigenvalue weighted by atomic mass is 9.95. The molecule has 0 atom stereocenters. The zero-order valence-corrected chi connectivity index (χ0v) is 12.2. The molecule has 0 fully saturated rings. The van der Waals surface area contributed by atoms with E-state index < -0.39 is 0 Å². The van der Waals surface area contributed by atoms with E-state index in [0.29, 0.717) is 0 Å². The van der Waals surface area contributed by atoms with E-state index in [-0.39, 0.29) is 5.54 Å². The Balaban J connectivity index is 2.80. The first-order chi connectivity index (χ1) is 8.57. The second-order valence-electron chi connectivity index (χ2n) is 4.82. The van der Waals surface area contributed by atoms with Crippen LogP contribution in [0.15, 0.2) is 18.2 Å². The quantitative estimate of drug-likeness (QED) is 0.837. The molecular weight excluding hydrogens is 244 g/mol. The van der Waals surface area contributed by atoms with E-state index in [1.165, 1.54) is 0 Å². The fourth-order valence-corrected chi connectivity index (χ4v) is 2.80. The van der Waals surface area contributed by atoms with Gasteiger partial charge in [0.05, 0.1) is 12.6 Å². The monoisotopic (exact) mass is 264 g/mol. The molecule has 0 aliphatic carbocycles. The molecule has 0 saturated heterocycles. The molecule has 0 unspecified atom stereocenters. The molecule has 0 saturated carbocycles. The van der Waals surface area contributed by atoms with Gasteiger partial charge in [-0.2, -0.15) is 0 Å². The Morgan fingerprint density at radius 1 is 1.33 bits per heavy atom. The van der Waals surface area contributed by atoms with Crippen LogP contribution in [0.4, 0.5) is 0 Å². The molecule has 0 aliphatic heterocycles. The van der Waals surface area contributed by atoms with Crippen molar-refractivity contribution in [3.8, 4) is 5.75 Å². The molecule has 2 rings (SSSR count). The van der Waals surface area contributed by atoms with Gasteiger partial charge < -0.3 is 14.3 Å². The molecule has 0 amide bonds. The zero-order valence-electron chi connectivity index (χ0n) is 11.4. The van der Waals surface area contributed by atoms with Crippen LogP contribution in [0, 0.1) is 4.77 Å². The number of nitrogens with zero attached hydrogens (tertiary/aromatic N) is 1. The van der Waals surface area contributed by atoms with E-state index in [4.69, 9.17) is 17.0 Å². The predicted molar refractivity (Wildman–Crippen MR) is 77.9 cm³/mol. The third-order valence-corrected chi connectivity index (χ3v) is 4.25. The second kappa shape index (κ2) is 4.76. The summed E-state index contributed by atoms with van der Waals surface area (Å²) >= 11 is 5.49. The summed E-state index contributed by atoms with van der Waals surface area (Å²) in [6, 6.07) is 6.05. The highest BCUT2D eigenvalue weighted by Gasteiger charge is 2.25. The summed E-state index contributed by atoms with van der Waals surface area (Å²) < 4.78 is 8.37. The number of ether oxygens (including phenoxy) is 1. The maximum absolute atomic E-state index is 5.49. The SMILES string of the molecule is CCC(C)(CC)n1c(=S)[nH]c2c(OC)cccc21. The average molecular weight is 264 g/mol. The minimum atomic E-state index is 0.0434. The highest BCUT2D eigenvalue weighted by molar-refractivity contribution is 7.71. The standard InChI is InChI=1S/C14H20N2OS/c1-5-14(3,6-2)16-10-8-7-9-11(17-4)12(10)15-13(16)18/h7-9H,5-6H2,1-4H3,(H,15,18). The maximum Gasteiger partial charge on any atom is 0.178 e. The number of para-hydroxylation sites is 1. The summed E-state index contributed by atoms with van der Waals surface area (Å²) in [7, 11) is 1.68. The minimum Gasteiger partial charge on any atom is -0.494 e. The van der Waals surface area contributed by atoms with Gasteiger partial charge in [-0.15, -0.1) is 0 Å². The Bertz CT molecular complexity index is 608. The van der Waals surface area contributed by atoms with Crippen molar-refractivity contribution in [2.45, 2.75) is 39.2 Å². The number of aromatic amines is 1. The van der Waals surface area contributed by atoms with Gasteiger partial charge in [-0.3, -0.25) is 0 Å². The Morgan fingerprint density at radius 3 is 2.56 bits per heavy atom. The van der Waals surface area contributed by atoms with Gasteiger partial charge in [-0.25, -0.2) is 0 Å². The lowest BCUT2D eigenvalue weighted by Gasteiger charge is -2.29. The van der Waals surface area contributed by atoms with Gasteiger partial charge in [0, 0.05) is 5.54 Å². The van der Waals surface area contributed by atoms with Gasteiger partial charge in [0.1, 0.15) is 11.3 Å². The zero-order chi connectivity index (χ0) is 13.3. The molecule has 0 bridgehead atoms. The first-order valence-corrected chi connectivity index (χ1v) is 6.76. The van der Waals surface area contributed by atoms with Crippen molar-refractivity contribution in [1.82, 2.24) is 9.55 Å². The van der Waals surface area contributed by atoms with Crippen molar-refractivity contribution in [2.24, 2.45) is 0 Å². The van der Waals surface area contributed by atoms with Gasteiger partial charge in [-0.05, 0) is 44.1 Å².